The molecule has 0 aromatic carbocycles. The molecule has 23 heavy (non-hydrogen) atoms. The monoisotopic (exact) mass is 337 g/mol. The van der Waals surface area contributed by atoms with Gasteiger partial charge in [0.05, 0.1) is 18.8 Å². The Hall–Kier alpha value is -1.19. The van der Waals surface area contributed by atoms with Gasteiger partial charge in [-0.25, -0.2) is 8.78 Å². The van der Waals surface area contributed by atoms with E-state index in [-0.39, 0.29) is 18.7 Å². The third-order valence-corrected chi connectivity index (χ3v) is 4.28. The second-order valence-electron chi connectivity index (χ2n) is 6.19. The van der Waals surface area contributed by atoms with Crippen LogP contribution in [0.25, 0.3) is 0 Å². The van der Waals surface area contributed by atoms with Crippen LogP contribution in [0.2, 0.25) is 0 Å². The molecule has 0 bridgehead atoms. The molecule has 0 radical (unpaired) electrons. The van der Waals surface area contributed by atoms with Gasteiger partial charge in [0.15, 0.2) is 0 Å². The molecule has 1 aromatic heterocycles. The average Bonchev–Trinajstić information content (AvgIpc) is 2.78. The van der Waals surface area contributed by atoms with Crippen molar-refractivity contribution in [2.75, 3.05) is 19.8 Å². The molecule has 3 heterocycles. The first-order chi connectivity index (χ1) is 10.8. The van der Waals surface area contributed by atoms with Crippen molar-refractivity contribution in [3.8, 4) is 0 Å². The minimum absolute atomic E-state index is 0.176. The Morgan fingerprint density at radius 1 is 1.35 bits per heavy atom. The van der Waals surface area contributed by atoms with Crippen LogP contribution in [0.15, 0.2) is 0 Å². The molecular formula is C14H19F4N3O2. The molecule has 0 fully saturated rings. The molecule has 130 valence electrons. The van der Waals surface area contributed by atoms with E-state index in [1.165, 1.54) is 0 Å². The molecule has 9 heteroatoms. The van der Waals surface area contributed by atoms with E-state index in [1.807, 2.05) is 0 Å². The predicted molar refractivity (Wildman–Crippen MR) is 72.5 cm³/mol. The fraction of sp³-hybridized carbons (Fsp3) is 0.786. The van der Waals surface area contributed by atoms with Gasteiger partial charge in [-0.1, -0.05) is 0 Å². The van der Waals surface area contributed by atoms with Crippen LogP contribution in [0.1, 0.15) is 29.8 Å². The Bertz CT molecular complexity index is 579. The van der Waals surface area contributed by atoms with E-state index in [0.29, 0.717) is 30.8 Å². The highest BCUT2D eigenvalue weighted by Crippen LogP contribution is 2.42. The average molecular weight is 337 g/mol. The fourth-order valence-electron chi connectivity index (χ4n) is 3.20. The Kier molecular flexibility index (Phi) is 4.37. The quantitative estimate of drug-likeness (QED) is 0.816. The maximum absolute atomic E-state index is 14.5. The number of alkyl halides is 4. The van der Waals surface area contributed by atoms with E-state index < -0.39 is 37.6 Å². The molecule has 2 aliphatic heterocycles. The van der Waals surface area contributed by atoms with Crippen LogP contribution in [-0.4, -0.2) is 46.7 Å². The van der Waals surface area contributed by atoms with Crippen LogP contribution >= 0.6 is 0 Å². The van der Waals surface area contributed by atoms with Crippen LogP contribution in [-0.2, 0) is 30.2 Å². The van der Waals surface area contributed by atoms with Gasteiger partial charge in [0.2, 0.25) is 0 Å². The van der Waals surface area contributed by atoms with Gasteiger partial charge in [-0.3, -0.25) is 4.68 Å². The van der Waals surface area contributed by atoms with Gasteiger partial charge < -0.3 is 15.2 Å². The summed E-state index contributed by atoms with van der Waals surface area (Å²) in [6, 6.07) is 0. The van der Waals surface area contributed by atoms with Crippen molar-refractivity contribution >= 4 is 0 Å². The highest BCUT2D eigenvalue weighted by atomic mass is 19.3. The highest BCUT2D eigenvalue weighted by molar-refractivity contribution is 5.32. The molecule has 0 amide bonds. The second kappa shape index (κ2) is 6.03. The maximum Gasteiger partial charge on any atom is 0.289 e. The van der Waals surface area contributed by atoms with E-state index in [9.17, 15) is 22.7 Å². The lowest BCUT2D eigenvalue weighted by Gasteiger charge is -2.26. The zero-order chi connectivity index (χ0) is 16.7. The van der Waals surface area contributed by atoms with Crippen LogP contribution in [0.3, 0.4) is 0 Å². The van der Waals surface area contributed by atoms with Gasteiger partial charge in [-0.15, -0.1) is 0 Å². The molecule has 0 saturated heterocycles. The zero-order valence-electron chi connectivity index (χ0n) is 12.5. The molecule has 1 aromatic rings. The predicted octanol–water partition coefficient (Wildman–Crippen LogP) is 1.43. The molecular weight excluding hydrogens is 318 g/mol. The fourth-order valence-corrected chi connectivity index (χ4v) is 3.20. The largest absolute Gasteiger partial charge is 0.386 e. The summed E-state index contributed by atoms with van der Waals surface area (Å²) >= 11 is 0. The molecule has 0 spiro atoms. The van der Waals surface area contributed by atoms with Crippen molar-refractivity contribution in [3.63, 3.8) is 0 Å². The Morgan fingerprint density at radius 2 is 2.13 bits per heavy atom. The lowest BCUT2D eigenvalue weighted by Crippen LogP contribution is -2.39. The summed E-state index contributed by atoms with van der Waals surface area (Å²) in [5, 5.41) is 17.8. The minimum atomic E-state index is -3.12. The number of nitrogens with one attached hydrogen (secondary N) is 1. The summed E-state index contributed by atoms with van der Waals surface area (Å²) in [4.78, 5) is 0. The summed E-state index contributed by atoms with van der Waals surface area (Å²) in [7, 11) is 0. The maximum atomic E-state index is 14.5. The molecule has 2 aliphatic rings. The Balaban J connectivity index is 1.87. The molecule has 0 saturated carbocycles. The first kappa shape index (κ1) is 16.7. The van der Waals surface area contributed by atoms with Crippen molar-refractivity contribution in [1.82, 2.24) is 15.1 Å². The summed E-state index contributed by atoms with van der Waals surface area (Å²) in [5.74, 6) is -3.12. The number of ether oxygens (including phenoxy) is 1. The molecule has 0 aliphatic carbocycles. The normalized spacial score (nSPS) is 26.7. The third-order valence-electron chi connectivity index (χ3n) is 4.28. The van der Waals surface area contributed by atoms with Crippen LogP contribution in [0.4, 0.5) is 17.6 Å². The topological polar surface area (TPSA) is 59.3 Å². The lowest BCUT2D eigenvalue weighted by atomic mass is 9.96. The van der Waals surface area contributed by atoms with Gasteiger partial charge in [0, 0.05) is 31.5 Å². The number of hydrogen-bond acceptors (Lipinski definition) is 4. The molecule has 2 N–H and O–H groups in total. The van der Waals surface area contributed by atoms with Crippen LogP contribution in [0.5, 0.6) is 0 Å². The Morgan fingerprint density at radius 3 is 2.87 bits per heavy atom. The number of nitrogens with zero attached hydrogens (tertiary/aromatic N) is 2. The third kappa shape index (κ3) is 3.36. The van der Waals surface area contributed by atoms with Gasteiger partial charge >= 0.3 is 0 Å². The Labute approximate surface area is 130 Å². The number of rotatable bonds is 4. The highest BCUT2D eigenvalue weighted by Gasteiger charge is 2.46. The first-order valence-corrected chi connectivity index (χ1v) is 7.57. The smallest absolute Gasteiger partial charge is 0.289 e. The van der Waals surface area contributed by atoms with E-state index in [4.69, 9.17) is 4.74 Å². The van der Waals surface area contributed by atoms with Gasteiger partial charge in [0.25, 0.3) is 12.3 Å². The molecule has 0 unspecified atom stereocenters. The van der Waals surface area contributed by atoms with Crippen molar-refractivity contribution in [3.05, 3.63) is 17.0 Å². The summed E-state index contributed by atoms with van der Waals surface area (Å²) < 4.78 is 59.3. The van der Waals surface area contributed by atoms with E-state index >= 15 is 0 Å². The summed E-state index contributed by atoms with van der Waals surface area (Å²) in [6.45, 7) is -0.452. The number of aromatic nitrogens is 2. The lowest BCUT2D eigenvalue weighted by molar-refractivity contribution is -0.0926. The van der Waals surface area contributed by atoms with Crippen molar-refractivity contribution in [2.24, 2.45) is 0 Å². The SMILES string of the molecule is O[C@]1(COCC(F)F)CCC(F)(F)c2c3c(nn2C1)CCNC3. The summed E-state index contributed by atoms with van der Waals surface area (Å²) in [6.07, 6.45) is -2.93. The zero-order valence-corrected chi connectivity index (χ0v) is 12.5. The van der Waals surface area contributed by atoms with Crippen molar-refractivity contribution in [1.29, 1.82) is 0 Å². The van der Waals surface area contributed by atoms with Crippen LogP contribution < -0.4 is 5.32 Å². The van der Waals surface area contributed by atoms with Crippen molar-refractivity contribution in [2.45, 2.75) is 50.3 Å². The van der Waals surface area contributed by atoms with E-state index in [1.54, 1.807) is 0 Å². The standard InChI is InChI=1S/C14H19F4N3O2/c15-11(16)6-23-8-13(22)2-3-14(17,18)12-9-5-19-4-1-10(9)20-21(12)7-13/h11,19,22H,1-8H2/t13-/m1/s1. The minimum Gasteiger partial charge on any atom is -0.386 e. The van der Waals surface area contributed by atoms with Gasteiger partial charge in [0.1, 0.15) is 17.9 Å². The second-order valence-corrected chi connectivity index (χ2v) is 6.19. The van der Waals surface area contributed by atoms with Gasteiger partial charge in [-0.2, -0.15) is 13.9 Å². The molecule has 3 rings (SSSR count). The molecule has 1 atom stereocenters. The van der Waals surface area contributed by atoms with Crippen LogP contribution in [0, 0.1) is 0 Å². The van der Waals surface area contributed by atoms with E-state index in [0.717, 1.165) is 4.68 Å². The number of hydrogen-bond donors (Lipinski definition) is 2. The number of fused-ring (bicyclic) bond motifs is 3. The van der Waals surface area contributed by atoms with Gasteiger partial charge in [-0.05, 0) is 6.42 Å². The first-order valence-electron chi connectivity index (χ1n) is 7.57. The number of halogens is 4. The molecule has 5 nitrogen and oxygen atoms in total. The summed E-state index contributed by atoms with van der Waals surface area (Å²) in [5.41, 5.74) is -0.717. The van der Waals surface area contributed by atoms with E-state index in [2.05, 4.69) is 10.4 Å². The van der Waals surface area contributed by atoms with Crippen molar-refractivity contribution < 1.29 is 27.4 Å². The number of aliphatic hydroxyl groups is 1.